The van der Waals surface area contributed by atoms with Gasteiger partial charge in [0.25, 0.3) is 5.91 Å². The molecule has 0 spiro atoms. The fourth-order valence-electron chi connectivity index (χ4n) is 5.11. The highest BCUT2D eigenvalue weighted by atomic mass is 35.5. The first-order chi connectivity index (χ1) is 18.3. The minimum Gasteiger partial charge on any atom is -0.376 e. The summed E-state index contributed by atoms with van der Waals surface area (Å²) >= 11 is 7.67. The van der Waals surface area contributed by atoms with Gasteiger partial charge in [0, 0.05) is 36.8 Å². The molecule has 8 nitrogen and oxygen atoms in total. The van der Waals surface area contributed by atoms with Crippen molar-refractivity contribution in [3.8, 4) is 0 Å². The van der Waals surface area contributed by atoms with E-state index in [0.29, 0.717) is 28.7 Å². The third kappa shape index (κ3) is 6.94. The van der Waals surface area contributed by atoms with Crippen molar-refractivity contribution in [3.63, 3.8) is 0 Å². The smallest absolute Gasteiger partial charge is 0.262 e. The number of nitrogens with one attached hydrogen (secondary N) is 3. The van der Waals surface area contributed by atoms with Crippen LogP contribution >= 0.6 is 22.9 Å². The van der Waals surface area contributed by atoms with Crippen LogP contribution < -0.4 is 16.0 Å². The average molecular weight is 555 g/mol. The van der Waals surface area contributed by atoms with Crippen molar-refractivity contribution in [2.45, 2.75) is 76.4 Å². The van der Waals surface area contributed by atoms with Crippen LogP contribution in [0.1, 0.15) is 76.8 Å². The number of rotatable bonds is 11. The summed E-state index contributed by atoms with van der Waals surface area (Å²) in [5.41, 5.74) is 2.76. The number of hydrogen-bond donors (Lipinski definition) is 3. The molecule has 0 aromatic carbocycles. The molecule has 2 fully saturated rings. The van der Waals surface area contributed by atoms with Crippen molar-refractivity contribution in [2.75, 3.05) is 5.32 Å². The standard InChI is InChI=1S/C28H35ClN6O2S/c1-17-22(13-20(29)15-30-17)33-23(12-19-14-31-35(2)16-19)25-9-10-26(38-25)28(37)34-24(11-18-5-3-4-6-18)27(36)32-21-7-8-21/h9-10,13-16,18,21,23-24,33H,3-8,11-12H2,1-2H3,(H,32,36)(H,34,37)/t23?,24-/m0/s1. The molecular weight excluding hydrogens is 520 g/mol. The van der Waals surface area contributed by atoms with Crippen molar-refractivity contribution in [1.29, 1.82) is 0 Å². The van der Waals surface area contributed by atoms with Crippen LogP contribution in [0.5, 0.6) is 0 Å². The van der Waals surface area contributed by atoms with E-state index in [1.165, 1.54) is 24.2 Å². The molecule has 3 aromatic rings. The van der Waals surface area contributed by atoms with Gasteiger partial charge in [-0.2, -0.15) is 5.10 Å². The van der Waals surface area contributed by atoms with E-state index >= 15 is 0 Å². The number of hydrogen-bond acceptors (Lipinski definition) is 6. The molecule has 3 heterocycles. The summed E-state index contributed by atoms with van der Waals surface area (Å²) in [6.07, 6.45) is 13.6. The lowest BCUT2D eigenvalue weighted by Crippen LogP contribution is -2.48. The minimum atomic E-state index is -0.499. The molecule has 3 aromatic heterocycles. The Morgan fingerprint density at radius 3 is 2.68 bits per heavy atom. The van der Waals surface area contributed by atoms with E-state index in [1.54, 1.807) is 10.9 Å². The molecule has 0 radical (unpaired) electrons. The quantitative estimate of drug-likeness (QED) is 0.303. The largest absolute Gasteiger partial charge is 0.376 e. The van der Waals surface area contributed by atoms with Crippen molar-refractivity contribution in [2.24, 2.45) is 13.0 Å². The first kappa shape index (κ1) is 26.7. The first-order valence-corrected chi connectivity index (χ1v) is 14.6. The molecule has 3 N–H and O–H groups in total. The monoisotopic (exact) mass is 554 g/mol. The van der Waals surface area contributed by atoms with Crippen molar-refractivity contribution in [3.05, 3.63) is 62.8 Å². The number of halogens is 1. The van der Waals surface area contributed by atoms with Crippen LogP contribution in [-0.2, 0) is 18.3 Å². The zero-order valence-corrected chi connectivity index (χ0v) is 23.4. The van der Waals surface area contributed by atoms with Crippen molar-refractivity contribution < 1.29 is 9.59 Å². The predicted molar refractivity (Wildman–Crippen MR) is 151 cm³/mol. The molecular formula is C28H35ClN6O2S. The van der Waals surface area contributed by atoms with Gasteiger partial charge in [-0.15, -0.1) is 11.3 Å². The van der Waals surface area contributed by atoms with Gasteiger partial charge >= 0.3 is 0 Å². The lowest BCUT2D eigenvalue weighted by Gasteiger charge is -2.21. The summed E-state index contributed by atoms with van der Waals surface area (Å²) < 4.78 is 1.78. The van der Waals surface area contributed by atoms with Gasteiger partial charge < -0.3 is 16.0 Å². The van der Waals surface area contributed by atoms with E-state index in [4.69, 9.17) is 11.6 Å². The van der Waals surface area contributed by atoms with E-state index < -0.39 is 6.04 Å². The van der Waals surface area contributed by atoms with Crippen LogP contribution in [0.2, 0.25) is 5.02 Å². The fraction of sp³-hybridized carbons (Fsp3) is 0.500. The Kier molecular flexibility index (Phi) is 8.33. The lowest BCUT2D eigenvalue weighted by atomic mass is 9.97. The maximum Gasteiger partial charge on any atom is 0.262 e. The number of anilines is 1. The summed E-state index contributed by atoms with van der Waals surface area (Å²) in [7, 11) is 1.89. The third-order valence-electron chi connectivity index (χ3n) is 7.36. The van der Waals surface area contributed by atoms with Crippen LogP contribution in [0.4, 0.5) is 5.69 Å². The van der Waals surface area contributed by atoms with Crippen LogP contribution in [0.25, 0.3) is 0 Å². The first-order valence-electron chi connectivity index (χ1n) is 13.4. The highest BCUT2D eigenvalue weighted by molar-refractivity contribution is 7.14. The minimum absolute atomic E-state index is 0.0513. The summed E-state index contributed by atoms with van der Waals surface area (Å²) in [5, 5.41) is 14.6. The summed E-state index contributed by atoms with van der Waals surface area (Å²) in [4.78, 5) is 32.3. The molecule has 0 bridgehead atoms. The molecule has 38 heavy (non-hydrogen) atoms. The van der Waals surface area contributed by atoms with Gasteiger partial charge in [-0.25, -0.2) is 0 Å². The van der Waals surface area contributed by atoms with Gasteiger partial charge in [0.05, 0.1) is 33.5 Å². The van der Waals surface area contributed by atoms with Crippen LogP contribution in [-0.4, -0.2) is 38.7 Å². The highest BCUT2D eigenvalue weighted by Gasteiger charge is 2.31. The molecule has 0 saturated heterocycles. The van der Waals surface area contributed by atoms with E-state index in [1.807, 2.05) is 44.6 Å². The van der Waals surface area contributed by atoms with Crippen LogP contribution in [0.3, 0.4) is 0 Å². The second-order valence-corrected chi connectivity index (χ2v) is 12.2. The van der Waals surface area contributed by atoms with Crippen molar-refractivity contribution in [1.82, 2.24) is 25.4 Å². The fourth-order valence-corrected chi connectivity index (χ4v) is 6.23. The van der Waals surface area contributed by atoms with E-state index in [2.05, 4.69) is 26.0 Å². The normalized spacial score (nSPS) is 17.2. The maximum absolute atomic E-state index is 13.3. The Labute approximate surface area is 232 Å². The molecule has 2 saturated carbocycles. The molecule has 0 aliphatic heterocycles. The highest BCUT2D eigenvalue weighted by Crippen LogP contribution is 2.32. The maximum atomic E-state index is 13.3. The Balaban J connectivity index is 1.33. The zero-order chi connectivity index (χ0) is 26.6. The number of carbonyl (C=O) groups excluding carboxylic acids is 2. The number of aryl methyl sites for hydroxylation is 2. The molecule has 1 unspecified atom stereocenters. The molecule has 2 aliphatic rings. The average Bonchev–Trinajstić information content (AvgIpc) is 3.27. The SMILES string of the molecule is Cc1ncc(Cl)cc1NC(Cc1cnn(C)c1)c1ccc(C(=O)N[C@@H](CC2CCCC2)C(=O)NC2CC2)s1. The molecule has 2 aliphatic carbocycles. The molecule has 2 atom stereocenters. The van der Waals surface area contributed by atoms with E-state index in [-0.39, 0.29) is 23.9 Å². The van der Waals surface area contributed by atoms with Gasteiger partial charge in [-0.05, 0) is 55.9 Å². The second kappa shape index (κ2) is 11.9. The summed E-state index contributed by atoms with van der Waals surface area (Å²) in [5.74, 6) is 0.243. The van der Waals surface area contributed by atoms with Crippen LogP contribution in [0.15, 0.2) is 36.8 Å². The summed E-state index contributed by atoms with van der Waals surface area (Å²) in [6, 6.07) is 5.35. The lowest BCUT2D eigenvalue weighted by molar-refractivity contribution is -0.123. The second-order valence-electron chi connectivity index (χ2n) is 10.6. The number of pyridine rings is 1. The molecule has 202 valence electrons. The molecule has 10 heteroatoms. The number of carbonyl (C=O) groups is 2. The number of aromatic nitrogens is 3. The van der Waals surface area contributed by atoms with Gasteiger partial charge in [-0.3, -0.25) is 19.3 Å². The van der Waals surface area contributed by atoms with E-state index in [0.717, 1.165) is 47.5 Å². The molecule has 5 rings (SSSR count). The number of nitrogens with zero attached hydrogens (tertiary/aromatic N) is 3. The zero-order valence-electron chi connectivity index (χ0n) is 21.9. The van der Waals surface area contributed by atoms with Gasteiger partial charge in [0.1, 0.15) is 6.04 Å². The van der Waals surface area contributed by atoms with E-state index in [9.17, 15) is 9.59 Å². The topological polar surface area (TPSA) is 101 Å². The Hall–Kier alpha value is -2.91. The Bertz CT molecular complexity index is 1280. The van der Waals surface area contributed by atoms with Crippen molar-refractivity contribution >= 4 is 40.4 Å². The van der Waals surface area contributed by atoms with Gasteiger partial charge in [0.15, 0.2) is 0 Å². The van der Waals surface area contributed by atoms with Gasteiger partial charge in [0.2, 0.25) is 5.91 Å². The summed E-state index contributed by atoms with van der Waals surface area (Å²) in [6.45, 7) is 1.93. The third-order valence-corrected chi connectivity index (χ3v) is 8.77. The predicted octanol–water partition coefficient (Wildman–Crippen LogP) is 5.19. The molecule has 2 amide bonds. The number of thiophene rings is 1. The van der Waals surface area contributed by atoms with Gasteiger partial charge in [-0.1, -0.05) is 37.3 Å². The number of amides is 2. The Morgan fingerprint density at radius 2 is 1.97 bits per heavy atom. The van der Waals surface area contributed by atoms with Crippen LogP contribution in [0, 0.1) is 12.8 Å². The Morgan fingerprint density at radius 1 is 1.18 bits per heavy atom.